The molecule has 28 heavy (non-hydrogen) atoms. The van der Waals surface area contributed by atoms with Gasteiger partial charge >= 0.3 is 0 Å². The van der Waals surface area contributed by atoms with E-state index in [1.54, 1.807) is 19.4 Å². The van der Waals surface area contributed by atoms with Crippen molar-refractivity contribution in [3.05, 3.63) is 53.6 Å². The maximum atomic E-state index is 11.9. The van der Waals surface area contributed by atoms with E-state index in [4.69, 9.17) is 14.2 Å². The van der Waals surface area contributed by atoms with Gasteiger partial charge in [0.2, 0.25) is 0 Å². The molecule has 0 radical (unpaired) electrons. The molecule has 0 aliphatic rings. The number of rotatable bonds is 10. The smallest absolute Gasteiger partial charge is 0.277 e. The highest BCUT2D eigenvalue weighted by Gasteiger charge is 2.07. The molecule has 0 saturated heterocycles. The van der Waals surface area contributed by atoms with Crippen LogP contribution in [0.3, 0.4) is 0 Å². The van der Waals surface area contributed by atoms with E-state index >= 15 is 0 Å². The lowest BCUT2D eigenvalue weighted by Crippen LogP contribution is -2.24. The summed E-state index contributed by atoms with van der Waals surface area (Å²) in [4.78, 5) is 11.9. The van der Waals surface area contributed by atoms with Gasteiger partial charge in [0.15, 0.2) is 18.1 Å². The van der Waals surface area contributed by atoms with Crippen LogP contribution in [0.5, 0.6) is 17.2 Å². The van der Waals surface area contributed by atoms with E-state index in [2.05, 4.69) is 17.5 Å². The summed E-state index contributed by atoms with van der Waals surface area (Å²) >= 11 is 0. The number of nitrogens with zero attached hydrogens (tertiary/aromatic N) is 1. The van der Waals surface area contributed by atoms with Crippen LogP contribution in [0.4, 0.5) is 0 Å². The Morgan fingerprint density at radius 3 is 2.54 bits per heavy atom. The molecule has 1 N–H and O–H groups in total. The zero-order valence-corrected chi connectivity index (χ0v) is 16.9. The molecule has 2 rings (SSSR count). The number of hydrogen-bond acceptors (Lipinski definition) is 5. The van der Waals surface area contributed by atoms with Gasteiger partial charge in [-0.1, -0.05) is 25.5 Å². The van der Waals surface area contributed by atoms with Crippen LogP contribution in [-0.4, -0.2) is 31.9 Å². The van der Waals surface area contributed by atoms with Gasteiger partial charge in [0.05, 0.1) is 19.4 Å². The lowest BCUT2D eigenvalue weighted by molar-refractivity contribution is -0.123. The quantitative estimate of drug-likeness (QED) is 0.497. The first-order valence-corrected chi connectivity index (χ1v) is 9.40. The van der Waals surface area contributed by atoms with Gasteiger partial charge < -0.3 is 14.2 Å². The minimum absolute atomic E-state index is 0.0514. The van der Waals surface area contributed by atoms with Crippen molar-refractivity contribution < 1.29 is 19.0 Å². The highest BCUT2D eigenvalue weighted by atomic mass is 16.5. The standard InChI is InChI=1S/C22H28N2O4/c1-5-6-17-7-10-19(11-8-17)27-15-22(25)24-23-14-18-9-12-20(28-16(2)3)21(13-18)26-4/h7-14,16H,5-6,15H2,1-4H3,(H,24,25)/b23-14+. The van der Waals surface area contributed by atoms with Gasteiger partial charge in [-0.05, 0) is 61.7 Å². The van der Waals surface area contributed by atoms with E-state index < -0.39 is 0 Å². The van der Waals surface area contributed by atoms with E-state index in [0.717, 1.165) is 18.4 Å². The zero-order valence-electron chi connectivity index (χ0n) is 16.9. The second kappa shape index (κ2) is 11.0. The predicted molar refractivity (Wildman–Crippen MR) is 110 cm³/mol. The van der Waals surface area contributed by atoms with Gasteiger partial charge in [-0.2, -0.15) is 5.10 Å². The molecule has 0 fully saturated rings. The monoisotopic (exact) mass is 384 g/mol. The molecule has 150 valence electrons. The van der Waals surface area contributed by atoms with Crippen LogP contribution in [-0.2, 0) is 11.2 Å². The van der Waals surface area contributed by atoms with E-state index in [-0.39, 0.29) is 18.6 Å². The SMILES string of the molecule is CCCc1ccc(OCC(=O)N/N=C/c2ccc(OC(C)C)c(OC)c2)cc1. The number of hydrazone groups is 1. The molecule has 0 aliphatic heterocycles. The molecule has 0 saturated carbocycles. The number of amides is 1. The number of aryl methyl sites for hydroxylation is 1. The summed E-state index contributed by atoms with van der Waals surface area (Å²) in [6.07, 6.45) is 3.72. The van der Waals surface area contributed by atoms with E-state index in [9.17, 15) is 4.79 Å². The number of benzene rings is 2. The highest BCUT2D eigenvalue weighted by Crippen LogP contribution is 2.28. The molecular formula is C22H28N2O4. The normalized spacial score (nSPS) is 10.9. The molecule has 0 atom stereocenters. The Labute approximate surface area is 166 Å². The topological polar surface area (TPSA) is 69.2 Å². The summed E-state index contributed by atoms with van der Waals surface area (Å²) in [5.74, 6) is 1.60. The molecule has 6 heteroatoms. The summed E-state index contributed by atoms with van der Waals surface area (Å²) in [7, 11) is 1.58. The average molecular weight is 384 g/mol. The maximum Gasteiger partial charge on any atom is 0.277 e. The lowest BCUT2D eigenvalue weighted by atomic mass is 10.1. The Hall–Kier alpha value is -3.02. The largest absolute Gasteiger partial charge is 0.493 e. The van der Waals surface area contributed by atoms with Crippen molar-refractivity contribution in [2.75, 3.05) is 13.7 Å². The third kappa shape index (κ3) is 6.95. The second-order valence-corrected chi connectivity index (χ2v) is 6.55. The zero-order chi connectivity index (χ0) is 20.4. The Morgan fingerprint density at radius 1 is 1.14 bits per heavy atom. The van der Waals surface area contributed by atoms with Gasteiger partial charge in [-0.3, -0.25) is 4.79 Å². The second-order valence-electron chi connectivity index (χ2n) is 6.55. The molecule has 1 amide bonds. The van der Waals surface area contributed by atoms with E-state index in [0.29, 0.717) is 17.2 Å². The lowest BCUT2D eigenvalue weighted by Gasteiger charge is -2.13. The number of carbonyl (C=O) groups is 1. The summed E-state index contributed by atoms with van der Waals surface area (Å²) in [5.41, 5.74) is 4.48. The van der Waals surface area contributed by atoms with Gasteiger partial charge in [0.1, 0.15) is 5.75 Å². The summed E-state index contributed by atoms with van der Waals surface area (Å²) in [6, 6.07) is 13.2. The fourth-order valence-corrected chi connectivity index (χ4v) is 2.52. The third-order valence-corrected chi connectivity index (χ3v) is 3.79. The fourth-order valence-electron chi connectivity index (χ4n) is 2.52. The Balaban J connectivity index is 1.83. The van der Waals surface area contributed by atoms with Crippen molar-refractivity contribution in [3.63, 3.8) is 0 Å². The predicted octanol–water partition coefficient (Wildman–Crippen LogP) is 3.96. The molecule has 0 aromatic heterocycles. The van der Waals surface area contributed by atoms with Crippen LogP contribution in [0, 0.1) is 0 Å². The molecule has 0 heterocycles. The Kier molecular flexibility index (Phi) is 8.34. The third-order valence-electron chi connectivity index (χ3n) is 3.79. The minimum Gasteiger partial charge on any atom is -0.493 e. The van der Waals surface area contributed by atoms with Crippen molar-refractivity contribution in [3.8, 4) is 17.2 Å². The Bertz CT molecular complexity index is 786. The van der Waals surface area contributed by atoms with Crippen molar-refractivity contribution in [1.29, 1.82) is 0 Å². The van der Waals surface area contributed by atoms with Gasteiger partial charge in [0, 0.05) is 0 Å². The first-order valence-electron chi connectivity index (χ1n) is 9.40. The van der Waals surface area contributed by atoms with Gasteiger partial charge in [-0.25, -0.2) is 5.43 Å². The summed E-state index contributed by atoms with van der Waals surface area (Å²) < 4.78 is 16.5. The first kappa shape index (κ1) is 21.3. The minimum atomic E-state index is -0.333. The van der Waals surface area contributed by atoms with Crippen LogP contribution in [0.25, 0.3) is 0 Å². The van der Waals surface area contributed by atoms with Crippen LogP contribution in [0.15, 0.2) is 47.6 Å². The van der Waals surface area contributed by atoms with Crippen molar-refractivity contribution in [2.45, 2.75) is 39.7 Å². The summed E-state index contributed by atoms with van der Waals surface area (Å²) in [6.45, 7) is 5.94. The number of nitrogens with one attached hydrogen (secondary N) is 1. The van der Waals surface area contributed by atoms with Gasteiger partial charge in [-0.15, -0.1) is 0 Å². The molecule has 0 aliphatic carbocycles. The van der Waals surface area contributed by atoms with E-state index in [1.807, 2.05) is 50.2 Å². The fraction of sp³-hybridized carbons (Fsp3) is 0.364. The maximum absolute atomic E-state index is 11.9. The average Bonchev–Trinajstić information content (AvgIpc) is 2.68. The highest BCUT2D eigenvalue weighted by molar-refractivity contribution is 5.83. The van der Waals surface area contributed by atoms with Crippen molar-refractivity contribution in [1.82, 2.24) is 5.43 Å². The van der Waals surface area contributed by atoms with Crippen molar-refractivity contribution in [2.24, 2.45) is 5.10 Å². The van der Waals surface area contributed by atoms with E-state index in [1.165, 1.54) is 5.56 Å². The van der Waals surface area contributed by atoms with Crippen LogP contribution in [0.2, 0.25) is 0 Å². The Morgan fingerprint density at radius 2 is 1.89 bits per heavy atom. The molecular weight excluding hydrogens is 356 g/mol. The van der Waals surface area contributed by atoms with Gasteiger partial charge in [0.25, 0.3) is 5.91 Å². The van der Waals surface area contributed by atoms with Crippen LogP contribution >= 0.6 is 0 Å². The molecule has 2 aromatic carbocycles. The molecule has 6 nitrogen and oxygen atoms in total. The molecule has 2 aromatic rings. The summed E-state index contributed by atoms with van der Waals surface area (Å²) in [5, 5.41) is 3.96. The number of ether oxygens (including phenoxy) is 3. The molecule has 0 unspecified atom stereocenters. The molecule has 0 bridgehead atoms. The number of carbonyl (C=O) groups excluding carboxylic acids is 1. The first-order chi connectivity index (χ1) is 13.5. The van der Waals surface area contributed by atoms with Crippen molar-refractivity contribution >= 4 is 12.1 Å². The number of methoxy groups -OCH3 is 1. The molecule has 0 spiro atoms. The van der Waals surface area contributed by atoms with Crippen LogP contribution in [0.1, 0.15) is 38.3 Å². The number of hydrogen-bond donors (Lipinski definition) is 1. The van der Waals surface area contributed by atoms with Crippen LogP contribution < -0.4 is 19.6 Å².